The highest BCUT2D eigenvalue weighted by Gasteiger charge is 2.34. The Bertz CT molecular complexity index is 1350. The molecular formula is C26H21FN4OS2. The number of rotatable bonds is 5. The fourth-order valence-corrected chi connectivity index (χ4v) is 4.77. The molecule has 170 valence electrons. The van der Waals surface area contributed by atoms with Crippen molar-refractivity contribution in [1.29, 1.82) is 0 Å². The number of aromatic nitrogens is 2. The van der Waals surface area contributed by atoms with E-state index < -0.39 is 0 Å². The van der Waals surface area contributed by atoms with Crippen LogP contribution in [0.4, 0.5) is 10.1 Å². The average Bonchev–Trinajstić information content (AvgIpc) is 3.35. The van der Waals surface area contributed by atoms with Crippen LogP contribution in [0.5, 0.6) is 0 Å². The van der Waals surface area contributed by atoms with Crippen molar-refractivity contribution in [2.45, 2.75) is 17.9 Å². The number of anilines is 1. The first-order valence-corrected chi connectivity index (χ1v) is 12.3. The third kappa shape index (κ3) is 4.22. The predicted octanol–water partition coefficient (Wildman–Crippen LogP) is 6.46. The molecule has 0 saturated carbocycles. The summed E-state index contributed by atoms with van der Waals surface area (Å²) in [5.74, 6) is 0.601. The summed E-state index contributed by atoms with van der Waals surface area (Å²) in [4.78, 5) is 7.75. The molecule has 5 nitrogen and oxygen atoms in total. The van der Waals surface area contributed by atoms with Crippen molar-refractivity contribution < 1.29 is 8.91 Å². The topological polar surface area (TPSA) is 54.2 Å². The molecule has 1 aromatic heterocycles. The Morgan fingerprint density at radius 3 is 2.38 bits per heavy atom. The first kappa shape index (κ1) is 22.3. The van der Waals surface area contributed by atoms with Gasteiger partial charge >= 0.3 is 0 Å². The average molecular weight is 489 g/mol. The summed E-state index contributed by atoms with van der Waals surface area (Å²) in [6.45, 7) is 1.96. The zero-order valence-electron chi connectivity index (χ0n) is 18.5. The summed E-state index contributed by atoms with van der Waals surface area (Å²) >= 11 is 7.43. The van der Waals surface area contributed by atoms with E-state index in [9.17, 15) is 4.39 Å². The number of nitrogens with one attached hydrogen (secondary N) is 1. The van der Waals surface area contributed by atoms with Crippen molar-refractivity contribution in [2.75, 3.05) is 11.2 Å². The number of thioether (sulfide) groups is 1. The zero-order valence-corrected chi connectivity index (χ0v) is 20.2. The van der Waals surface area contributed by atoms with Crippen molar-refractivity contribution >= 4 is 40.4 Å². The molecule has 0 radical (unpaired) electrons. The molecule has 2 heterocycles. The molecule has 4 aromatic rings. The lowest BCUT2D eigenvalue weighted by Gasteiger charge is -2.37. The summed E-state index contributed by atoms with van der Waals surface area (Å²) in [6, 6.07) is 23.9. The molecule has 5 rings (SSSR count). The normalized spacial score (nSPS) is 16.0. The van der Waals surface area contributed by atoms with E-state index in [0.29, 0.717) is 16.8 Å². The van der Waals surface area contributed by atoms with Gasteiger partial charge in [0.25, 0.3) is 5.89 Å². The van der Waals surface area contributed by atoms with E-state index in [0.717, 1.165) is 28.1 Å². The molecule has 0 spiro atoms. The van der Waals surface area contributed by atoms with E-state index in [-0.39, 0.29) is 11.9 Å². The molecule has 34 heavy (non-hydrogen) atoms. The van der Waals surface area contributed by atoms with Gasteiger partial charge in [-0.15, -0.1) is 11.8 Å². The standard InChI is InChI=1S/C26H21FN4OS2/c1-16-22(25-29-24(30-32-25)18-6-4-3-5-7-18)23(17-8-14-21(34-2)15-9-17)28-26(33)31(16)20-12-10-19(27)11-13-20/h3-15,23H,1-2H3,(H,28,33). The van der Waals surface area contributed by atoms with Gasteiger partial charge in [-0.3, -0.25) is 4.90 Å². The summed E-state index contributed by atoms with van der Waals surface area (Å²) in [6.07, 6.45) is 2.04. The number of allylic oxidation sites excluding steroid dienone is 1. The lowest BCUT2D eigenvalue weighted by atomic mass is 9.94. The van der Waals surface area contributed by atoms with Gasteiger partial charge in [-0.2, -0.15) is 4.98 Å². The minimum atomic E-state index is -0.308. The highest BCUT2D eigenvalue weighted by atomic mass is 32.2. The van der Waals surface area contributed by atoms with Crippen LogP contribution in [0.25, 0.3) is 17.0 Å². The van der Waals surface area contributed by atoms with Crippen LogP contribution >= 0.6 is 24.0 Å². The number of halogens is 1. The van der Waals surface area contributed by atoms with Crippen LogP contribution in [0, 0.1) is 5.82 Å². The molecular weight excluding hydrogens is 467 g/mol. The molecule has 0 fully saturated rings. The number of hydrogen-bond donors (Lipinski definition) is 1. The van der Waals surface area contributed by atoms with Gasteiger partial charge in [0.2, 0.25) is 5.82 Å². The third-order valence-electron chi connectivity index (χ3n) is 5.71. The number of benzene rings is 3. The van der Waals surface area contributed by atoms with E-state index in [1.807, 2.05) is 48.4 Å². The second-order valence-electron chi connectivity index (χ2n) is 7.76. The maximum absolute atomic E-state index is 13.6. The number of hydrogen-bond acceptors (Lipinski definition) is 5. The fourth-order valence-electron chi connectivity index (χ4n) is 4.00. The minimum absolute atomic E-state index is 0.288. The molecule has 8 heteroatoms. The minimum Gasteiger partial charge on any atom is -0.351 e. The molecule has 1 N–H and O–H groups in total. The molecule has 0 aliphatic carbocycles. The van der Waals surface area contributed by atoms with E-state index >= 15 is 0 Å². The van der Waals surface area contributed by atoms with Crippen LogP contribution in [-0.2, 0) is 0 Å². The first-order valence-electron chi connectivity index (χ1n) is 10.7. The van der Waals surface area contributed by atoms with Gasteiger partial charge in [0, 0.05) is 21.8 Å². The van der Waals surface area contributed by atoms with Crippen LogP contribution in [0.3, 0.4) is 0 Å². The van der Waals surface area contributed by atoms with Gasteiger partial charge in [-0.05, 0) is 67.4 Å². The largest absolute Gasteiger partial charge is 0.351 e. The first-order chi connectivity index (χ1) is 16.5. The lowest BCUT2D eigenvalue weighted by Crippen LogP contribution is -2.46. The van der Waals surface area contributed by atoms with Crippen LogP contribution in [0.1, 0.15) is 24.4 Å². The van der Waals surface area contributed by atoms with E-state index in [1.165, 1.54) is 17.0 Å². The van der Waals surface area contributed by atoms with E-state index in [2.05, 4.69) is 34.7 Å². The Morgan fingerprint density at radius 2 is 1.71 bits per heavy atom. The fraction of sp³-hybridized carbons (Fsp3) is 0.115. The van der Waals surface area contributed by atoms with Crippen molar-refractivity contribution in [3.05, 3.63) is 102 Å². The Morgan fingerprint density at radius 1 is 1.00 bits per heavy atom. The number of thiocarbonyl (C=S) groups is 1. The Balaban J connectivity index is 1.64. The summed E-state index contributed by atoms with van der Waals surface area (Å²) in [5.41, 5.74) is 4.27. The third-order valence-corrected chi connectivity index (χ3v) is 6.75. The van der Waals surface area contributed by atoms with Crippen LogP contribution in [-0.4, -0.2) is 21.5 Å². The summed E-state index contributed by atoms with van der Waals surface area (Å²) in [5, 5.41) is 8.17. The van der Waals surface area contributed by atoms with Crippen LogP contribution < -0.4 is 10.2 Å². The molecule has 3 aromatic carbocycles. The maximum atomic E-state index is 13.6. The Labute approximate surface area is 206 Å². The summed E-state index contributed by atoms with van der Waals surface area (Å²) in [7, 11) is 0. The SMILES string of the molecule is CSc1ccc(C2NC(=S)N(c3ccc(F)cc3)C(C)=C2c2nc(-c3ccccc3)no2)cc1. The van der Waals surface area contributed by atoms with Crippen LogP contribution in [0.2, 0.25) is 0 Å². The van der Waals surface area contributed by atoms with Crippen molar-refractivity contribution in [2.24, 2.45) is 0 Å². The van der Waals surface area contributed by atoms with Gasteiger partial charge in [-0.25, -0.2) is 4.39 Å². The van der Waals surface area contributed by atoms with Gasteiger partial charge < -0.3 is 9.84 Å². The van der Waals surface area contributed by atoms with Crippen molar-refractivity contribution in [3.63, 3.8) is 0 Å². The molecule has 1 atom stereocenters. The van der Waals surface area contributed by atoms with Gasteiger partial charge in [0.05, 0.1) is 11.6 Å². The monoisotopic (exact) mass is 488 g/mol. The Kier molecular flexibility index (Phi) is 6.17. The van der Waals surface area contributed by atoms with E-state index in [4.69, 9.17) is 21.7 Å². The molecule has 1 aliphatic heterocycles. The smallest absolute Gasteiger partial charge is 0.258 e. The molecule has 0 amide bonds. The van der Waals surface area contributed by atoms with E-state index in [1.54, 1.807) is 23.9 Å². The lowest BCUT2D eigenvalue weighted by molar-refractivity contribution is 0.404. The Hall–Kier alpha value is -3.49. The highest BCUT2D eigenvalue weighted by Crippen LogP contribution is 2.39. The quantitative estimate of drug-likeness (QED) is 0.255. The zero-order chi connectivity index (χ0) is 23.7. The molecule has 0 saturated heterocycles. The van der Waals surface area contributed by atoms with Gasteiger partial charge in [0.15, 0.2) is 5.11 Å². The van der Waals surface area contributed by atoms with Gasteiger partial charge in [-0.1, -0.05) is 47.6 Å². The second-order valence-corrected chi connectivity index (χ2v) is 9.02. The predicted molar refractivity (Wildman–Crippen MR) is 138 cm³/mol. The van der Waals surface area contributed by atoms with Crippen molar-refractivity contribution in [1.82, 2.24) is 15.5 Å². The second kappa shape index (κ2) is 9.40. The molecule has 1 aliphatic rings. The maximum Gasteiger partial charge on any atom is 0.258 e. The number of nitrogens with zero attached hydrogens (tertiary/aromatic N) is 3. The highest BCUT2D eigenvalue weighted by molar-refractivity contribution is 7.98. The van der Waals surface area contributed by atoms with Crippen LogP contribution in [0.15, 0.2) is 94.0 Å². The molecule has 1 unspecified atom stereocenters. The molecule has 0 bridgehead atoms. The van der Waals surface area contributed by atoms with Crippen molar-refractivity contribution in [3.8, 4) is 11.4 Å². The summed E-state index contributed by atoms with van der Waals surface area (Å²) < 4.78 is 19.4. The van der Waals surface area contributed by atoms with Gasteiger partial charge in [0.1, 0.15) is 5.82 Å².